The Morgan fingerprint density at radius 3 is 2.64 bits per heavy atom. The first-order chi connectivity index (χ1) is 15.9. The quantitative estimate of drug-likeness (QED) is 0.305. The number of aryl methyl sites for hydroxylation is 1. The molecule has 2 N–H and O–H groups in total. The highest BCUT2D eigenvalue weighted by Crippen LogP contribution is 2.35. The highest BCUT2D eigenvalue weighted by Gasteiger charge is 2.26. The lowest BCUT2D eigenvalue weighted by atomic mass is 9.85. The molecule has 3 aromatic rings. The molecule has 1 aromatic heterocycles. The largest absolute Gasteiger partial charge is 0.411 e. The van der Waals surface area contributed by atoms with E-state index in [1.165, 1.54) is 22.8 Å². The highest BCUT2D eigenvalue weighted by atomic mass is 35.5. The summed E-state index contributed by atoms with van der Waals surface area (Å²) in [5.74, 6) is -1.53. The van der Waals surface area contributed by atoms with E-state index >= 15 is 0 Å². The van der Waals surface area contributed by atoms with Gasteiger partial charge in [0.25, 0.3) is 5.91 Å². The first-order valence-electron chi connectivity index (χ1n) is 10.6. The maximum Gasteiger partial charge on any atom is 0.254 e. The molecule has 1 saturated carbocycles. The molecular formula is C25H23ClFN3O3. The molecule has 33 heavy (non-hydrogen) atoms. The number of pyridine rings is 1. The molecule has 2 aromatic carbocycles. The van der Waals surface area contributed by atoms with Gasteiger partial charge >= 0.3 is 0 Å². The molecule has 1 heterocycles. The monoisotopic (exact) mass is 467 g/mol. The number of carbonyl (C=O) groups is 1. The Labute approximate surface area is 195 Å². The van der Waals surface area contributed by atoms with Crippen LogP contribution in [-0.2, 0) is 7.05 Å². The van der Waals surface area contributed by atoms with Gasteiger partial charge in [-0.2, -0.15) is 0 Å². The third kappa shape index (κ3) is 5.14. The smallest absolute Gasteiger partial charge is 0.254 e. The minimum absolute atomic E-state index is 0.0160. The van der Waals surface area contributed by atoms with Gasteiger partial charge in [0.05, 0.1) is 11.3 Å². The number of hydrogen-bond donors (Lipinski definition) is 2. The number of nitrogens with zero attached hydrogens (tertiary/aromatic N) is 2. The van der Waals surface area contributed by atoms with Gasteiger partial charge in [-0.3, -0.25) is 9.59 Å². The fourth-order valence-electron chi connectivity index (χ4n) is 3.76. The summed E-state index contributed by atoms with van der Waals surface area (Å²) in [6, 6.07) is 14.7. The molecule has 0 aliphatic heterocycles. The van der Waals surface area contributed by atoms with E-state index in [4.69, 9.17) is 11.6 Å². The van der Waals surface area contributed by atoms with Crippen molar-refractivity contribution in [3.05, 3.63) is 104 Å². The van der Waals surface area contributed by atoms with Crippen molar-refractivity contribution in [2.75, 3.05) is 0 Å². The second kappa shape index (κ2) is 9.58. The van der Waals surface area contributed by atoms with Crippen LogP contribution in [0.3, 0.4) is 0 Å². The predicted octanol–water partition coefficient (Wildman–Crippen LogP) is 4.47. The molecule has 1 unspecified atom stereocenters. The maximum atomic E-state index is 15.0. The first kappa shape index (κ1) is 22.7. The van der Waals surface area contributed by atoms with Gasteiger partial charge in [-0.25, -0.2) is 4.39 Å². The summed E-state index contributed by atoms with van der Waals surface area (Å²) >= 11 is 6.47. The number of amides is 1. The van der Waals surface area contributed by atoms with Gasteiger partial charge in [-0.1, -0.05) is 41.0 Å². The van der Waals surface area contributed by atoms with Crippen molar-refractivity contribution in [3.63, 3.8) is 0 Å². The normalized spacial score (nSPS) is 14.7. The number of nitrogens with one attached hydrogen (secondary N) is 1. The van der Waals surface area contributed by atoms with E-state index in [0.717, 1.165) is 18.4 Å². The van der Waals surface area contributed by atoms with Crippen LogP contribution in [0.5, 0.6) is 0 Å². The summed E-state index contributed by atoms with van der Waals surface area (Å²) in [6.07, 6.45) is 3.58. The molecule has 1 amide bonds. The van der Waals surface area contributed by atoms with Crippen LogP contribution >= 0.6 is 11.6 Å². The van der Waals surface area contributed by atoms with E-state index in [-0.39, 0.29) is 23.6 Å². The number of hydrogen-bond acceptors (Lipinski definition) is 4. The Kier molecular flexibility index (Phi) is 6.60. The zero-order valence-corrected chi connectivity index (χ0v) is 18.7. The fourth-order valence-corrected chi connectivity index (χ4v) is 4.03. The summed E-state index contributed by atoms with van der Waals surface area (Å²) in [4.78, 5) is 24.1. The van der Waals surface area contributed by atoms with Gasteiger partial charge < -0.3 is 15.1 Å². The zero-order chi connectivity index (χ0) is 23.5. The van der Waals surface area contributed by atoms with E-state index < -0.39 is 17.6 Å². The van der Waals surface area contributed by atoms with Crippen molar-refractivity contribution in [2.45, 2.75) is 31.2 Å². The van der Waals surface area contributed by atoms with Crippen LogP contribution in [0.1, 0.15) is 52.2 Å². The number of oxime groups is 1. The molecule has 170 valence electrons. The van der Waals surface area contributed by atoms with Gasteiger partial charge in [0, 0.05) is 48.3 Å². The van der Waals surface area contributed by atoms with Crippen molar-refractivity contribution >= 4 is 23.2 Å². The maximum absolute atomic E-state index is 15.0. The highest BCUT2D eigenvalue weighted by molar-refractivity contribution is 6.31. The Morgan fingerprint density at radius 2 is 2.00 bits per heavy atom. The molecule has 8 heteroatoms. The van der Waals surface area contributed by atoms with E-state index in [2.05, 4.69) is 10.5 Å². The van der Waals surface area contributed by atoms with Gasteiger partial charge in [0.15, 0.2) is 0 Å². The standard InChI is InChI=1S/C25H23ClFN3O3/c1-30-14-16(7-11-24(30)31)23(29-33)13-20(18-4-2-3-5-21(18)26)15-6-10-19(22(27)12-15)25(32)28-17-8-9-17/h2-7,10-12,14,17,20,33H,8-9,13H2,1H3,(H,28,32). The summed E-state index contributed by atoms with van der Waals surface area (Å²) < 4.78 is 16.4. The summed E-state index contributed by atoms with van der Waals surface area (Å²) in [6.45, 7) is 0. The topological polar surface area (TPSA) is 83.7 Å². The molecule has 6 nitrogen and oxygen atoms in total. The average Bonchev–Trinajstić information content (AvgIpc) is 3.61. The lowest BCUT2D eigenvalue weighted by Gasteiger charge is -2.21. The molecule has 4 rings (SSSR count). The Hall–Kier alpha value is -3.45. The average molecular weight is 468 g/mol. The van der Waals surface area contributed by atoms with Crippen LogP contribution < -0.4 is 10.9 Å². The lowest BCUT2D eigenvalue weighted by Crippen LogP contribution is -2.26. The molecule has 0 radical (unpaired) electrons. The van der Waals surface area contributed by atoms with Crippen molar-refractivity contribution in [3.8, 4) is 0 Å². The minimum Gasteiger partial charge on any atom is -0.411 e. The van der Waals surface area contributed by atoms with Crippen LogP contribution in [-0.4, -0.2) is 27.4 Å². The molecule has 0 spiro atoms. The molecule has 0 bridgehead atoms. The van der Waals surface area contributed by atoms with Gasteiger partial charge in [-0.05, 0) is 48.2 Å². The van der Waals surface area contributed by atoms with Gasteiger partial charge in [-0.15, -0.1) is 0 Å². The summed E-state index contributed by atoms with van der Waals surface area (Å²) in [5.41, 5.74) is 1.96. The van der Waals surface area contributed by atoms with Crippen LogP contribution in [0.15, 0.2) is 70.7 Å². The second-order valence-electron chi connectivity index (χ2n) is 8.18. The molecular weight excluding hydrogens is 445 g/mol. The van der Waals surface area contributed by atoms with Crippen molar-refractivity contribution in [1.82, 2.24) is 9.88 Å². The molecule has 1 fully saturated rings. The predicted molar refractivity (Wildman–Crippen MR) is 125 cm³/mol. The molecule has 0 saturated heterocycles. The van der Waals surface area contributed by atoms with Crippen molar-refractivity contribution in [1.29, 1.82) is 0 Å². The van der Waals surface area contributed by atoms with Crippen LogP contribution in [0.4, 0.5) is 4.39 Å². The minimum atomic E-state index is -0.632. The second-order valence-corrected chi connectivity index (χ2v) is 8.59. The van der Waals surface area contributed by atoms with Crippen molar-refractivity contribution in [2.24, 2.45) is 12.2 Å². The van der Waals surface area contributed by atoms with Crippen LogP contribution in [0.2, 0.25) is 5.02 Å². The van der Waals surface area contributed by atoms with E-state index in [1.54, 1.807) is 37.5 Å². The van der Waals surface area contributed by atoms with E-state index in [1.807, 2.05) is 12.1 Å². The number of rotatable bonds is 7. The lowest BCUT2D eigenvalue weighted by molar-refractivity contribution is 0.0947. The van der Waals surface area contributed by atoms with Crippen LogP contribution in [0.25, 0.3) is 0 Å². The van der Waals surface area contributed by atoms with Gasteiger partial charge in [0.1, 0.15) is 5.82 Å². The number of benzene rings is 2. The van der Waals surface area contributed by atoms with Gasteiger partial charge in [0.2, 0.25) is 5.56 Å². The molecule has 1 atom stereocenters. The van der Waals surface area contributed by atoms with Crippen LogP contribution in [0, 0.1) is 5.82 Å². The number of aromatic nitrogens is 1. The third-order valence-corrected chi connectivity index (χ3v) is 6.11. The van der Waals surface area contributed by atoms with E-state index in [0.29, 0.717) is 21.9 Å². The SMILES string of the molecule is Cn1cc(C(CC(c2ccc(C(=O)NC3CC3)c(F)c2)c2ccccc2Cl)=NO)ccc1=O. The summed E-state index contributed by atoms with van der Waals surface area (Å²) in [7, 11) is 1.60. The molecule has 1 aliphatic carbocycles. The third-order valence-electron chi connectivity index (χ3n) is 5.77. The number of halogens is 2. The fraction of sp³-hybridized carbons (Fsp3) is 0.240. The summed E-state index contributed by atoms with van der Waals surface area (Å²) in [5, 5.41) is 16.5. The number of carbonyl (C=O) groups excluding carboxylic acids is 1. The zero-order valence-electron chi connectivity index (χ0n) is 18.0. The van der Waals surface area contributed by atoms with E-state index in [9.17, 15) is 19.2 Å². The Morgan fingerprint density at radius 1 is 1.24 bits per heavy atom. The molecule has 1 aliphatic rings. The Balaban J connectivity index is 1.71. The first-order valence-corrected chi connectivity index (χ1v) is 11.0. The van der Waals surface area contributed by atoms with Crippen molar-refractivity contribution < 1.29 is 14.4 Å². The Bertz CT molecular complexity index is 1280.